The van der Waals surface area contributed by atoms with Gasteiger partial charge in [-0.05, 0) is 28.9 Å². The third-order valence-electron chi connectivity index (χ3n) is 3.04. The molecule has 0 atom stereocenters. The fourth-order valence-corrected chi connectivity index (χ4v) is 2.43. The van der Waals surface area contributed by atoms with Crippen molar-refractivity contribution in [2.45, 2.75) is 32.7 Å². The number of ether oxygens (including phenoxy) is 2. The summed E-state index contributed by atoms with van der Waals surface area (Å²) in [5, 5.41) is 6.19. The lowest BCUT2D eigenvalue weighted by Gasteiger charge is -2.20. The van der Waals surface area contributed by atoms with Crippen molar-refractivity contribution in [3.05, 3.63) is 16.6 Å². The van der Waals surface area contributed by atoms with Crippen LogP contribution in [0.15, 0.2) is 16.6 Å². The van der Waals surface area contributed by atoms with Crippen LogP contribution in [-0.4, -0.2) is 31.7 Å². The quantitative estimate of drug-likeness (QED) is 0.769. The van der Waals surface area contributed by atoms with Crippen LogP contribution in [-0.2, 0) is 4.79 Å². The minimum absolute atomic E-state index is 0.00191. The number of benzene rings is 1. The number of amides is 1. The van der Waals surface area contributed by atoms with Gasteiger partial charge in [-0.3, -0.25) is 4.79 Å². The highest BCUT2D eigenvalue weighted by Crippen LogP contribution is 2.38. The molecule has 0 radical (unpaired) electrons. The highest BCUT2D eigenvalue weighted by atomic mass is 79.9. The summed E-state index contributed by atoms with van der Waals surface area (Å²) in [5.41, 5.74) is 0.709. The Labute approximate surface area is 133 Å². The highest BCUT2D eigenvalue weighted by molar-refractivity contribution is 9.10. The third-order valence-corrected chi connectivity index (χ3v) is 3.70. The maximum absolute atomic E-state index is 11.9. The predicted molar refractivity (Wildman–Crippen MR) is 86.1 cm³/mol. The van der Waals surface area contributed by atoms with E-state index in [-0.39, 0.29) is 5.91 Å². The SMILES string of the molecule is CC(C)NCCCC(=O)Nc1cc2c(cc1Br)OCCO2. The van der Waals surface area contributed by atoms with Crippen LogP contribution < -0.4 is 20.1 Å². The van der Waals surface area contributed by atoms with Crippen LogP contribution in [0.4, 0.5) is 5.69 Å². The summed E-state index contributed by atoms with van der Waals surface area (Å²) in [6.45, 7) is 6.10. The minimum Gasteiger partial charge on any atom is -0.486 e. The molecule has 116 valence electrons. The van der Waals surface area contributed by atoms with E-state index in [1.54, 1.807) is 6.07 Å². The minimum atomic E-state index is -0.00191. The van der Waals surface area contributed by atoms with Crippen molar-refractivity contribution < 1.29 is 14.3 Å². The van der Waals surface area contributed by atoms with Crippen molar-refractivity contribution in [2.75, 3.05) is 25.1 Å². The van der Waals surface area contributed by atoms with Crippen molar-refractivity contribution in [1.82, 2.24) is 5.32 Å². The van der Waals surface area contributed by atoms with E-state index in [1.165, 1.54) is 0 Å². The second-order valence-electron chi connectivity index (χ2n) is 5.24. The Morgan fingerprint density at radius 1 is 1.29 bits per heavy atom. The molecule has 2 N–H and O–H groups in total. The summed E-state index contributed by atoms with van der Waals surface area (Å²) in [6, 6.07) is 4.06. The predicted octanol–water partition coefficient (Wildman–Crippen LogP) is 2.94. The summed E-state index contributed by atoms with van der Waals surface area (Å²) < 4.78 is 11.8. The molecule has 5 nitrogen and oxygen atoms in total. The summed E-state index contributed by atoms with van der Waals surface area (Å²) in [4.78, 5) is 11.9. The van der Waals surface area contributed by atoms with E-state index < -0.39 is 0 Å². The zero-order chi connectivity index (χ0) is 15.2. The van der Waals surface area contributed by atoms with E-state index in [9.17, 15) is 4.79 Å². The molecule has 1 amide bonds. The molecule has 0 saturated carbocycles. The number of halogens is 1. The largest absolute Gasteiger partial charge is 0.486 e. The Hall–Kier alpha value is -1.27. The fourth-order valence-electron chi connectivity index (χ4n) is 2.01. The third kappa shape index (κ3) is 4.89. The van der Waals surface area contributed by atoms with Gasteiger partial charge in [0.1, 0.15) is 13.2 Å². The average Bonchev–Trinajstić information content (AvgIpc) is 2.44. The molecule has 1 aliphatic rings. The van der Waals surface area contributed by atoms with E-state index in [4.69, 9.17) is 9.47 Å². The van der Waals surface area contributed by atoms with Crippen LogP contribution in [0.2, 0.25) is 0 Å². The van der Waals surface area contributed by atoms with Crippen LogP contribution in [0.1, 0.15) is 26.7 Å². The Bertz CT molecular complexity index is 506. The van der Waals surface area contributed by atoms with Gasteiger partial charge in [0.05, 0.1) is 5.69 Å². The first-order valence-corrected chi connectivity index (χ1v) is 7.98. The molecule has 6 heteroatoms. The summed E-state index contributed by atoms with van der Waals surface area (Å²) in [7, 11) is 0. The van der Waals surface area contributed by atoms with Gasteiger partial charge in [0, 0.05) is 29.1 Å². The van der Waals surface area contributed by atoms with Crippen molar-refractivity contribution in [2.24, 2.45) is 0 Å². The molecule has 0 aliphatic carbocycles. The molecule has 1 aromatic carbocycles. The number of nitrogens with one attached hydrogen (secondary N) is 2. The zero-order valence-electron chi connectivity index (χ0n) is 12.4. The summed E-state index contributed by atoms with van der Waals surface area (Å²) in [6.07, 6.45) is 1.30. The number of hydrogen-bond acceptors (Lipinski definition) is 4. The number of carbonyl (C=O) groups is 1. The van der Waals surface area contributed by atoms with Crippen LogP contribution in [0.3, 0.4) is 0 Å². The molecule has 1 aliphatic heterocycles. The van der Waals surface area contributed by atoms with Gasteiger partial charge in [0.25, 0.3) is 0 Å². The smallest absolute Gasteiger partial charge is 0.224 e. The number of hydrogen-bond donors (Lipinski definition) is 2. The molecule has 0 aromatic heterocycles. The van der Waals surface area contributed by atoms with Crippen LogP contribution >= 0.6 is 15.9 Å². The first-order valence-electron chi connectivity index (χ1n) is 7.18. The summed E-state index contributed by atoms with van der Waals surface area (Å²) in [5.74, 6) is 1.37. The maximum Gasteiger partial charge on any atom is 0.224 e. The lowest BCUT2D eigenvalue weighted by Crippen LogP contribution is -2.24. The van der Waals surface area contributed by atoms with Crippen molar-refractivity contribution in [1.29, 1.82) is 0 Å². The van der Waals surface area contributed by atoms with Gasteiger partial charge < -0.3 is 20.1 Å². The zero-order valence-corrected chi connectivity index (χ0v) is 14.0. The van der Waals surface area contributed by atoms with E-state index in [1.807, 2.05) is 6.07 Å². The standard InChI is InChI=1S/C15H21BrN2O3/c1-10(2)17-5-3-4-15(19)18-12-9-14-13(8-11(12)16)20-6-7-21-14/h8-10,17H,3-7H2,1-2H3,(H,18,19). The van der Waals surface area contributed by atoms with E-state index in [0.29, 0.717) is 42.9 Å². The van der Waals surface area contributed by atoms with Crippen molar-refractivity contribution >= 4 is 27.5 Å². The van der Waals surface area contributed by atoms with Gasteiger partial charge in [-0.2, -0.15) is 0 Å². The molecule has 0 saturated heterocycles. The molecule has 2 rings (SSSR count). The fraction of sp³-hybridized carbons (Fsp3) is 0.533. The Morgan fingerprint density at radius 3 is 2.62 bits per heavy atom. The van der Waals surface area contributed by atoms with Gasteiger partial charge in [-0.1, -0.05) is 13.8 Å². The lowest BCUT2D eigenvalue weighted by atomic mass is 10.2. The Kier molecular flexibility index (Phi) is 5.87. The first-order chi connectivity index (χ1) is 10.1. The molecule has 1 heterocycles. The monoisotopic (exact) mass is 356 g/mol. The highest BCUT2D eigenvalue weighted by Gasteiger charge is 2.16. The second kappa shape index (κ2) is 7.66. The van der Waals surface area contributed by atoms with Gasteiger partial charge in [0.15, 0.2) is 11.5 Å². The first kappa shape index (κ1) is 16.1. The topological polar surface area (TPSA) is 59.6 Å². The van der Waals surface area contributed by atoms with Gasteiger partial charge in [-0.25, -0.2) is 0 Å². The summed E-state index contributed by atoms with van der Waals surface area (Å²) >= 11 is 3.44. The molecule has 0 bridgehead atoms. The molecule has 0 unspecified atom stereocenters. The Morgan fingerprint density at radius 2 is 1.95 bits per heavy atom. The number of anilines is 1. The van der Waals surface area contributed by atoms with Gasteiger partial charge in [-0.15, -0.1) is 0 Å². The Balaban J connectivity index is 1.88. The van der Waals surface area contributed by atoms with Crippen LogP contribution in [0, 0.1) is 0 Å². The van der Waals surface area contributed by atoms with Crippen molar-refractivity contribution in [3.63, 3.8) is 0 Å². The van der Waals surface area contributed by atoms with Crippen LogP contribution in [0.5, 0.6) is 11.5 Å². The molecule has 21 heavy (non-hydrogen) atoms. The number of fused-ring (bicyclic) bond motifs is 1. The molecule has 0 fully saturated rings. The van der Waals surface area contributed by atoms with Crippen LogP contribution in [0.25, 0.3) is 0 Å². The maximum atomic E-state index is 11.9. The van der Waals surface area contributed by atoms with E-state index in [0.717, 1.165) is 17.4 Å². The normalized spacial score (nSPS) is 13.3. The van der Waals surface area contributed by atoms with E-state index in [2.05, 4.69) is 40.4 Å². The lowest BCUT2D eigenvalue weighted by molar-refractivity contribution is -0.116. The van der Waals surface area contributed by atoms with E-state index >= 15 is 0 Å². The van der Waals surface area contributed by atoms with Crippen molar-refractivity contribution in [3.8, 4) is 11.5 Å². The van der Waals surface area contributed by atoms with Gasteiger partial charge in [0.2, 0.25) is 5.91 Å². The second-order valence-corrected chi connectivity index (χ2v) is 6.09. The number of carbonyl (C=O) groups excluding carboxylic acids is 1. The molecule has 1 aromatic rings. The number of rotatable bonds is 6. The van der Waals surface area contributed by atoms with Gasteiger partial charge >= 0.3 is 0 Å². The molecular formula is C15H21BrN2O3. The molecule has 0 spiro atoms. The average molecular weight is 357 g/mol. The molecular weight excluding hydrogens is 336 g/mol.